The van der Waals surface area contributed by atoms with Crippen LogP contribution >= 0.6 is 23.2 Å². The highest BCUT2D eigenvalue weighted by atomic mass is 35.5. The van der Waals surface area contributed by atoms with E-state index in [4.69, 9.17) is 28.3 Å². The first-order valence-corrected chi connectivity index (χ1v) is 3.58. The van der Waals surface area contributed by atoms with Gasteiger partial charge in [0.2, 0.25) is 0 Å². The van der Waals surface area contributed by atoms with E-state index in [-0.39, 0.29) is 22.5 Å². The SMILES string of the molecule is O=Cc1[nH]c(Cl)c(CO)c1Cl. The molecule has 0 spiro atoms. The third kappa shape index (κ3) is 1.40. The summed E-state index contributed by atoms with van der Waals surface area (Å²) in [6, 6.07) is 0. The second-order valence-electron chi connectivity index (χ2n) is 1.92. The summed E-state index contributed by atoms with van der Waals surface area (Å²) in [6.07, 6.45) is 0.549. The molecular formula is C6H5Cl2NO2. The van der Waals surface area contributed by atoms with Gasteiger partial charge in [-0.3, -0.25) is 4.79 Å². The average molecular weight is 194 g/mol. The molecule has 1 rings (SSSR count). The van der Waals surface area contributed by atoms with E-state index >= 15 is 0 Å². The molecule has 0 aromatic carbocycles. The van der Waals surface area contributed by atoms with Gasteiger partial charge in [-0.1, -0.05) is 23.2 Å². The zero-order chi connectivity index (χ0) is 8.43. The van der Waals surface area contributed by atoms with Crippen molar-refractivity contribution < 1.29 is 9.90 Å². The lowest BCUT2D eigenvalue weighted by atomic mass is 10.3. The highest BCUT2D eigenvalue weighted by Crippen LogP contribution is 2.26. The van der Waals surface area contributed by atoms with Crippen LogP contribution in [0.5, 0.6) is 0 Å². The Hall–Kier alpha value is -0.510. The topological polar surface area (TPSA) is 53.1 Å². The van der Waals surface area contributed by atoms with E-state index in [1.54, 1.807) is 0 Å². The number of aromatic nitrogens is 1. The number of aliphatic hydroxyl groups excluding tert-OH is 1. The van der Waals surface area contributed by atoms with E-state index in [0.717, 1.165) is 0 Å². The van der Waals surface area contributed by atoms with Crippen molar-refractivity contribution in [2.75, 3.05) is 0 Å². The lowest BCUT2D eigenvalue weighted by molar-refractivity contribution is 0.111. The van der Waals surface area contributed by atoms with Gasteiger partial charge in [0.15, 0.2) is 6.29 Å². The Balaban J connectivity index is 3.24. The number of aldehydes is 1. The largest absolute Gasteiger partial charge is 0.392 e. The molecule has 2 N–H and O–H groups in total. The minimum Gasteiger partial charge on any atom is -0.392 e. The average Bonchev–Trinajstić information content (AvgIpc) is 2.26. The van der Waals surface area contributed by atoms with E-state index in [1.165, 1.54) is 0 Å². The summed E-state index contributed by atoms with van der Waals surface area (Å²) in [6.45, 7) is -0.276. The predicted octanol–water partition coefficient (Wildman–Crippen LogP) is 1.63. The van der Waals surface area contributed by atoms with Gasteiger partial charge in [-0.2, -0.15) is 0 Å². The fraction of sp³-hybridized carbons (Fsp3) is 0.167. The summed E-state index contributed by atoms with van der Waals surface area (Å²) in [5, 5.41) is 9.10. The van der Waals surface area contributed by atoms with Crippen molar-refractivity contribution in [2.24, 2.45) is 0 Å². The molecule has 11 heavy (non-hydrogen) atoms. The maximum Gasteiger partial charge on any atom is 0.167 e. The molecule has 60 valence electrons. The Bertz CT molecular complexity index is 282. The summed E-state index contributed by atoms with van der Waals surface area (Å²) in [7, 11) is 0. The number of rotatable bonds is 2. The standard InChI is InChI=1S/C6H5Cl2NO2/c7-5-3(1-10)6(8)9-4(5)2-11/h2,9-10H,1H2. The number of H-pyrrole nitrogens is 1. The zero-order valence-electron chi connectivity index (χ0n) is 5.40. The van der Waals surface area contributed by atoms with Crippen LogP contribution in [-0.2, 0) is 6.61 Å². The zero-order valence-corrected chi connectivity index (χ0v) is 6.91. The minimum atomic E-state index is -0.276. The Kier molecular flexibility index (Phi) is 2.54. The van der Waals surface area contributed by atoms with E-state index in [2.05, 4.69) is 4.98 Å². The smallest absolute Gasteiger partial charge is 0.167 e. The van der Waals surface area contributed by atoms with E-state index in [9.17, 15) is 4.79 Å². The second-order valence-corrected chi connectivity index (χ2v) is 2.68. The lowest BCUT2D eigenvalue weighted by Gasteiger charge is -1.89. The maximum absolute atomic E-state index is 10.3. The first kappa shape index (κ1) is 8.59. The fourth-order valence-electron chi connectivity index (χ4n) is 0.727. The van der Waals surface area contributed by atoms with Gasteiger partial charge >= 0.3 is 0 Å². The Morgan fingerprint density at radius 3 is 2.45 bits per heavy atom. The number of aliphatic hydroxyl groups is 1. The minimum absolute atomic E-state index is 0.188. The summed E-state index contributed by atoms with van der Waals surface area (Å²) >= 11 is 11.2. The molecule has 0 aliphatic carbocycles. The molecule has 0 atom stereocenters. The molecule has 0 unspecified atom stereocenters. The van der Waals surface area contributed by atoms with E-state index < -0.39 is 0 Å². The number of aromatic amines is 1. The Morgan fingerprint density at radius 1 is 1.55 bits per heavy atom. The van der Waals surface area contributed by atoms with Gasteiger partial charge in [-0.15, -0.1) is 0 Å². The fourth-order valence-corrected chi connectivity index (χ4v) is 1.28. The second kappa shape index (κ2) is 3.26. The third-order valence-corrected chi connectivity index (χ3v) is 2.04. The molecule has 1 aromatic heterocycles. The molecule has 3 nitrogen and oxygen atoms in total. The number of carbonyl (C=O) groups excluding carboxylic acids is 1. The summed E-state index contributed by atoms with van der Waals surface area (Å²) in [5.74, 6) is 0. The molecule has 0 aliphatic heterocycles. The van der Waals surface area contributed by atoms with Crippen molar-refractivity contribution in [1.29, 1.82) is 0 Å². The normalized spacial score (nSPS) is 10.1. The lowest BCUT2D eigenvalue weighted by Crippen LogP contribution is -1.81. The van der Waals surface area contributed by atoms with Crippen LogP contribution < -0.4 is 0 Å². The molecule has 0 saturated heterocycles. The highest BCUT2D eigenvalue weighted by molar-refractivity contribution is 6.37. The molecule has 0 fully saturated rings. The van der Waals surface area contributed by atoms with Crippen molar-refractivity contribution in [3.8, 4) is 0 Å². The van der Waals surface area contributed by atoms with Crippen LogP contribution in [0.25, 0.3) is 0 Å². The van der Waals surface area contributed by atoms with Crippen molar-refractivity contribution in [3.63, 3.8) is 0 Å². The molecule has 0 saturated carbocycles. The van der Waals surface area contributed by atoms with Gasteiger partial charge in [0, 0.05) is 5.56 Å². The van der Waals surface area contributed by atoms with Crippen LogP contribution in [0.3, 0.4) is 0 Å². The molecule has 1 aromatic rings. The molecule has 1 heterocycles. The third-order valence-electron chi connectivity index (χ3n) is 1.29. The van der Waals surface area contributed by atoms with Crippen molar-refractivity contribution in [2.45, 2.75) is 6.61 Å². The maximum atomic E-state index is 10.3. The number of hydrogen-bond donors (Lipinski definition) is 2. The van der Waals surface area contributed by atoms with Crippen molar-refractivity contribution >= 4 is 29.5 Å². The molecule has 5 heteroatoms. The molecular weight excluding hydrogens is 189 g/mol. The summed E-state index contributed by atoms with van der Waals surface area (Å²) in [5.41, 5.74) is 0.552. The summed E-state index contributed by atoms with van der Waals surface area (Å²) < 4.78 is 0. The van der Waals surface area contributed by atoms with Crippen LogP contribution in [0.15, 0.2) is 0 Å². The molecule has 0 bridgehead atoms. The van der Waals surface area contributed by atoms with Gasteiger partial charge in [0.25, 0.3) is 0 Å². The number of nitrogens with one attached hydrogen (secondary N) is 1. The van der Waals surface area contributed by atoms with Crippen molar-refractivity contribution in [1.82, 2.24) is 4.98 Å². The molecule has 0 radical (unpaired) electrons. The van der Waals surface area contributed by atoms with Gasteiger partial charge in [0.1, 0.15) is 5.15 Å². The first-order valence-electron chi connectivity index (χ1n) is 2.82. The molecule has 0 amide bonds. The van der Waals surface area contributed by atoms with Gasteiger partial charge in [0.05, 0.1) is 17.3 Å². The van der Waals surface area contributed by atoms with Gasteiger partial charge < -0.3 is 10.1 Å². The van der Waals surface area contributed by atoms with Crippen LogP contribution in [0.4, 0.5) is 0 Å². The van der Waals surface area contributed by atoms with Gasteiger partial charge in [-0.25, -0.2) is 0 Å². The van der Waals surface area contributed by atoms with Crippen LogP contribution in [0.1, 0.15) is 16.1 Å². The first-order chi connectivity index (χ1) is 5.20. The predicted molar refractivity (Wildman–Crippen MR) is 42.1 cm³/mol. The Morgan fingerprint density at radius 2 is 2.18 bits per heavy atom. The number of hydrogen-bond acceptors (Lipinski definition) is 2. The Labute approximate surface area is 72.9 Å². The quantitative estimate of drug-likeness (QED) is 0.702. The van der Waals surface area contributed by atoms with Crippen molar-refractivity contribution in [3.05, 3.63) is 21.4 Å². The van der Waals surface area contributed by atoms with Crippen LogP contribution in [0.2, 0.25) is 10.2 Å². The monoisotopic (exact) mass is 193 g/mol. The van der Waals surface area contributed by atoms with Crippen LogP contribution in [0, 0.1) is 0 Å². The summed E-state index contributed by atoms with van der Waals surface area (Å²) in [4.78, 5) is 12.8. The number of carbonyl (C=O) groups is 1. The van der Waals surface area contributed by atoms with Crippen LogP contribution in [-0.4, -0.2) is 16.4 Å². The van der Waals surface area contributed by atoms with Gasteiger partial charge in [-0.05, 0) is 0 Å². The number of halogens is 2. The van der Waals surface area contributed by atoms with E-state index in [0.29, 0.717) is 11.8 Å². The highest BCUT2D eigenvalue weighted by Gasteiger charge is 2.12. The van der Waals surface area contributed by atoms with E-state index in [1.807, 2.05) is 0 Å². The molecule has 0 aliphatic rings.